The fraction of sp³-hybridized carbons (Fsp3) is 0. The first kappa shape index (κ1) is 11.7. The van der Waals surface area contributed by atoms with Gasteiger partial charge in [-0.2, -0.15) is 22.2 Å². The van der Waals surface area contributed by atoms with Crippen molar-refractivity contribution in [2.45, 2.75) is 0 Å². The molecule has 0 atom stereocenters. The van der Waals surface area contributed by atoms with E-state index in [9.17, 15) is 0 Å². The third-order valence-corrected chi connectivity index (χ3v) is 34.2. The Morgan fingerprint density at radius 2 is 1.86 bits per heavy atom. The fourth-order valence-corrected chi connectivity index (χ4v) is 37.5. The summed E-state index contributed by atoms with van der Waals surface area (Å²) in [6.07, 6.45) is 0. The Bertz CT molecular complexity index is 30.9. The Balaban J connectivity index is 0. The van der Waals surface area contributed by atoms with Crippen LogP contribution >= 0.6 is 22.2 Å². The van der Waals surface area contributed by atoms with Crippen molar-refractivity contribution in [2.24, 2.45) is 0 Å². The van der Waals surface area contributed by atoms with Crippen molar-refractivity contribution in [3.05, 3.63) is 0 Å². The first-order valence-electron chi connectivity index (χ1n) is 1.84. The van der Waals surface area contributed by atoms with Crippen molar-refractivity contribution in [1.82, 2.24) is 0 Å². The van der Waals surface area contributed by atoms with Crippen LogP contribution in [0.1, 0.15) is 0 Å². The van der Waals surface area contributed by atoms with E-state index in [1.54, 1.807) is 0 Å². The first-order valence-corrected chi connectivity index (χ1v) is 16.6. The summed E-state index contributed by atoms with van der Waals surface area (Å²) in [6.45, 7) is -1.02. The minimum absolute atomic E-state index is 0. The van der Waals surface area contributed by atoms with E-state index < -0.39 is 6.93 Å². The standard InChI is InChI=1S/Cl2H7Si4.GeH3/c1-6(2)5-4-3;/h6H,3-5H2;1H3. The van der Waals surface area contributed by atoms with E-state index in [4.69, 9.17) is 22.2 Å². The largest absolute Gasteiger partial charge is 0.214 e. The van der Waals surface area contributed by atoms with Crippen LogP contribution in [0.5, 0.6) is 0 Å². The monoisotopic (exact) mass is 266 g/mol. The van der Waals surface area contributed by atoms with Gasteiger partial charge in [0.2, 0.25) is 6.93 Å². The molecule has 7 heavy (non-hydrogen) atoms. The van der Waals surface area contributed by atoms with E-state index in [0.29, 0.717) is 8.55 Å². The average Bonchev–Trinajstić information content (AvgIpc) is 1.35. The van der Waals surface area contributed by atoms with Crippen LogP contribution in [0, 0.1) is 0 Å². The van der Waals surface area contributed by atoms with Gasteiger partial charge in [-0.1, -0.05) is 0 Å². The van der Waals surface area contributed by atoms with Gasteiger partial charge in [-0.15, -0.1) is 0 Å². The average molecular weight is 266 g/mol. The van der Waals surface area contributed by atoms with Crippen molar-refractivity contribution in [3.8, 4) is 0 Å². The molecule has 0 aromatic heterocycles. The Hall–Kier alpha value is 1.99. The number of hydrogen-bond acceptors (Lipinski definition) is 0. The maximum atomic E-state index is 5.58. The van der Waals surface area contributed by atoms with E-state index in [0.717, 1.165) is 0 Å². The molecular formula is H10Cl2GeSi4. The summed E-state index contributed by atoms with van der Waals surface area (Å²) in [5.41, 5.74) is 0. The minimum atomic E-state index is -1.02. The van der Waals surface area contributed by atoms with Crippen LogP contribution in [0.15, 0.2) is 0 Å². The topological polar surface area (TPSA) is 0 Å². The molecule has 0 aliphatic carbocycles. The summed E-state index contributed by atoms with van der Waals surface area (Å²) in [7, 11) is 2.63. The van der Waals surface area contributed by atoms with Crippen molar-refractivity contribution in [1.29, 1.82) is 0 Å². The molecule has 7 heteroatoms. The summed E-state index contributed by atoms with van der Waals surface area (Å²) in [5, 5.41) is 0. The van der Waals surface area contributed by atoms with E-state index in [1.807, 2.05) is 0 Å². The van der Waals surface area contributed by atoms with Gasteiger partial charge in [0, 0.05) is 8.55 Å². The maximum absolute atomic E-state index is 5.58. The number of hydrogen-bond donors (Lipinski definition) is 0. The van der Waals surface area contributed by atoms with Gasteiger partial charge in [-0.3, -0.25) is 0 Å². The summed E-state index contributed by atoms with van der Waals surface area (Å²) >= 11 is 11.2. The van der Waals surface area contributed by atoms with Gasteiger partial charge in [0.05, 0.1) is 0 Å². The third kappa shape index (κ3) is 11.5. The van der Waals surface area contributed by atoms with Gasteiger partial charge >= 0.3 is 17.6 Å². The molecule has 0 heterocycles. The van der Waals surface area contributed by atoms with Gasteiger partial charge in [0.25, 0.3) is 0 Å². The molecule has 0 fully saturated rings. The molecule has 2 radical (unpaired) electrons. The van der Waals surface area contributed by atoms with Crippen LogP contribution in [0.4, 0.5) is 0 Å². The molecule has 0 nitrogen and oxygen atoms in total. The number of rotatable bonds is 2. The van der Waals surface area contributed by atoms with Gasteiger partial charge in [-0.05, 0) is 18.3 Å². The van der Waals surface area contributed by atoms with Crippen LogP contribution in [0.3, 0.4) is 0 Å². The Kier molecular flexibility index (Phi) is 13.4. The quantitative estimate of drug-likeness (QED) is 0.365. The second-order valence-electron chi connectivity index (χ2n) is 1.03. The predicted molar refractivity (Wildman–Crippen MR) is 54.4 cm³/mol. The molecule has 0 saturated heterocycles. The molecule has 0 saturated carbocycles. The summed E-state index contributed by atoms with van der Waals surface area (Å²) in [4.78, 5) is 0. The molecule has 0 bridgehead atoms. The Morgan fingerprint density at radius 3 is 1.86 bits per heavy atom. The van der Waals surface area contributed by atoms with Crippen LogP contribution in [0.25, 0.3) is 0 Å². The number of halogens is 2. The molecule has 0 aliphatic heterocycles. The van der Waals surface area contributed by atoms with Crippen LogP contribution in [-0.2, 0) is 0 Å². The predicted octanol–water partition coefficient (Wildman–Crippen LogP) is -3.20. The van der Waals surface area contributed by atoms with E-state index in [-0.39, 0.29) is 26.2 Å². The molecule has 44 valence electrons. The Labute approximate surface area is 73.2 Å². The normalized spacial score (nSPS) is 12.0. The van der Waals surface area contributed by atoms with Crippen molar-refractivity contribution in [2.75, 3.05) is 0 Å². The van der Waals surface area contributed by atoms with Gasteiger partial charge in [0.15, 0.2) is 0 Å². The van der Waals surface area contributed by atoms with E-state index in [1.165, 1.54) is 0 Å². The summed E-state index contributed by atoms with van der Waals surface area (Å²) < 4.78 is 0. The van der Waals surface area contributed by atoms with Crippen LogP contribution in [0.2, 0.25) is 0 Å². The third-order valence-electron chi connectivity index (χ3n) is 0.422. The molecule has 0 spiro atoms. The second-order valence-corrected chi connectivity index (χ2v) is 27.9. The molecular weight excluding hydrogens is 256 g/mol. The second kappa shape index (κ2) is 7.99. The van der Waals surface area contributed by atoms with Crippen molar-refractivity contribution in [3.63, 3.8) is 0 Å². The van der Waals surface area contributed by atoms with Gasteiger partial charge in [0.1, 0.15) is 0 Å². The SMILES string of the molecule is [GeH3].[SiH2][SiH2][SiH2][SiH](Cl)Cl. The zero-order valence-corrected chi connectivity index (χ0v) is 15.6. The van der Waals surface area contributed by atoms with Crippen LogP contribution in [-0.4, -0.2) is 51.4 Å². The Morgan fingerprint density at radius 1 is 1.43 bits per heavy atom. The molecule has 0 aliphatic rings. The molecule has 0 N–H and O–H groups in total. The summed E-state index contributed by atoms with van der Waals surface area (Å²) in [5.74, 6) is 0. The minimum Gasteiger partial charge on any atom is -0.155 e. The molecule has 0 rings (SSSR count). The smallest absolute Gasteiger partial charge is 0.155 e. The zero-order valence-electron chi connectivity index (χ0n) is 4.45. The maximum Gasteiger partial charge on any atom is 0.214 e. The van der Waals surface area contributed by atoms with E-state index in [2.05, 4.69) is 9.76 Å². The molecule has 0 amide bonds. The van der Waals surface area contributed by atoms with Crippen molar-refractivity contribution >= 4 is 73.6 Å². The molecule has 0 aromatic carbocycles. The first-order chi connectivity index (χ1) is 2.77. The fourth-order valence-electron chi connectivity index (χ4n) is 0.154. The van der Waals surface area contributed by atoms with E-state index >= 15 is 0 Å². The van der Waals surface area contributed by atoms with Crippen LogP contribution < -0.4 is 0 Å². The molecule has 0 unspecified atom stereocenters. The summed E-state index contributed by atoms with van der Waals surface area (Å²) in [6, 6.07) is 0. The van der Waals surface area contributed by atoms with Gasteiger partial charge in [-0.25, -0.2) is 0 Å². The van der Waals surface area contributed by atoms with Gasteiger partial charge < -0.3 is 0 Å². The molecule has 0 aromatic rings. The van der Waals surface area contributed by atoms with Crippen molar-refractivity contribution < 1.29 is 0 Å². The zero-order chi connectivity index (χ0) is 4.99.